The van der Waals surface area contributed by atoms with Crippen molar-refractivity contribution in [1.82, 2.24) is 5.32 Å². The number of amides is 1. The number of hydrogen-bond acceptors (Lipinski definition) is 4. The molecule has 1 saturated carbocycles. The molecule has 6 heteroatoms. The minimum absolute atomic E-state index is 0.126. The lowest BCUT2D eigenvalue weighted by Gasteiger charge is -2.40. The summed E-state index contributed by atoms with van der Waals surface area (Å²) in [4.78, 5) is 23.5. The van der Waals surface area contributed by atoms with Crippen LogP contribution in [0.3, 0.4) is 0 Å². The standard InChI is InChI=1S/C12H20N2O4/c1-11(10(16)17)7-18-5-8(11)14-9(15)12(6-13)3-2-4-12/h8H,2-7,13H2,1H3,(H,14,15)(H,16,17). The highest BCUT2D eigenvalue weighted by Gasteiger charge is 2.50. The van der Waals surface area contributed by atoms with E-state index in [0.29, 0.717) is 6.54 Å². The predicted molar refractivity (Wildman–Crippen MR) is 63.8 cm³/mol. The van der Waals surface area contributed by atoms with Gasteiger partial charge in [0, 0.05) is 6.54 Å². The van der Waals surface area contributed by atoms with Crippen LogP contribution < -0.4 is 11.1 Å². The van der Waals surface area contributed by atoms with Crippen LogP contribution in [0.1, 0.15) is 26.2 Å². The largest absolute Gasteiger partial charge is 0.481 e. The van der Waals surface area contributed by atoms with E-state index in [0.717, 1.165) is 19.3 Å². The smallest absolute Gasteiger partial charge is 0.313 e. The van der Waals surface area contributed by atoms with Gasteiger partial charge < -0.3 is 20.9 Å². The number of nitrogens with one attached hydrogen (secondary N) is 1. The minimum Gasteiger partial charge on any atom is -0.481 e. The van der Waals surface area contributed by atoms with E-state index in [1.54, 1.807) is 6.92 Å². The first-order valence-corrected chi connectivity index (χ1v) is 6.27. The summed E-state index contributed by atoms with van der Waals surface area (Å²) in [5.74, 6) is -1.07. The molecule has 0 radical (unpaired) electrons. The number of nitrogens with two attached hydrogens (primary N) is 1. The number of carboxylic acids is 1. The van der Waals surface area contributed by atoms with Gasteiger partial charge in [0.15, 0.2) is 0 Å². The zero-order chi connectivity index (χ0) is 13.4. The second kappa shape index (κ2) is 4.51. The Morgan fingerprint density at radius 2 is 2.17 bits per heavy atom. The van der Waals surface area contributed by atoms with Crippen molar-refractivity contribution >= 4 is 11.9 Å². The molecule has 2 rings (SSSR count). The summed E-state index contributed by atoms with van der Waals surface area (Å²) in [5, 5.41) is 12.1. The van der Waals surface area contributed by atoms with E-state index in [9.17, 15) is 14.7 Å². The summed E-state index contributed by atoms with van der Waals surface area (Å²) in [6, 6.07) is -0.480. The number of carbonyl (C=O) groups is 2. The fourth-order valence-electron chi connectivity index (χ4n) is 2.52. The number of ether oxygens (including phenoxy) is 1. The highest BCUT2D eigenvalue weighted by Crippen LogP contribution is 2.41. The normalized spacial score (nSPS) is 33.8. The van der Waals surface area contributed by atoms with Gasteiger partial charge in [-0.05, 0) is 19.8 Å². The molecule has 0 bridgehead atoms. The van der Waals surface area contributed by atoms with Gasteiger partial charge in [-0.2, -0.15) is 0 Å². The number of rotatable bonds is 4. The predicted octanol–water partition coefficient (Wildman–Crippen LogP) is -0.279. The Kier molecular flexibility index (Phi) is 3.33. The van der Waals surface area contributed by atoms with Crippen LogP contribution in [0.15, 0.2) is 0 Å². The fraction of sp³-hybridized carbons (Fsp3) is 0.833. The maximum absolute atomic E-state index is 12.2. The summed E-state index contributed by atoms with van der Waals surface area (Å²) < 4.78 is 5.21. The van der Waals surface area contributed by atoms with Crippen molar-refractivity contribution in [3.8, 4) is 0 Å². The molecule has 18 heavy (non-hydrogen) atoms. The average molecular weight is 256 g/mol. The molecule has 102 valence electrons. The third-order valence-electron chi connectivity index (χ3n) is 4.43. The lowest BCUT2D eigenvalue weighted by Crippen LogP contribution is -2.57. The molecular formula is C12H20N2O4. The first kappa shape index (κ1) is 13.3. The third-order valence-corrected chi connectivity index (χ3v) is 4.43. The van der Waals surface area contributed by atoms with Gasteiger partial charge in [0.25, 0.3) is 0 Å². The van der Waals surface area contributed by atoms with Crippen molar-refractivity contribution in [2.45, 2.75) is 32.2 Å². The van der Waals surface area contributed by atoms with Crippen molar-refractivity contribution < 1.29 is 19.4 Å². The maximum Gasteiger partial charge on any atom is 0.313 e. The summed E-state index contributed by atoms with van der Waals surface area (Å²) in [7, 11) is 0. The van der Waals surface area contributed by atoms with E-state index in [4.69, 9.17) is 10.5 Å². The Hall–Kier alpha value is -1.14. The van der Waals surface area contributed by atoms with Gasteiger partial charge in [0.2, 0.25) is 5.91 Å². The van der Waals surface area contributed by atoms with Crippen molar-refractivity contribution in [3.05, 3.63) is 0 Å². The van der Waals surface area contributed by atoms with Crippen LogP contribution in [-0.2, 0) is 14.3 Å². The van der Waals surface area contributed by atoms with E-state index in [1.807, 2.05) is 0 Å². The molecule has 2 fully saturated rings. The van der Waals surface area contributed by atoms with Gasteiger partial charge in [0.1, 0.15) is 5.41 Å². The molecular weight excluding hydrogens is 236 g/mol. The van der Waals surface area contributed by atoms with E-state index in [-0.39, 0.29) is 19.1 Å². The number of carboxylic acid groups (broad SMARTS) is 1. The van der Waals surface area contributed by atoms with Crippen molar-refractivity contribution in [2.75, 3.05) is 19.8 Å². The Balaban J connectivity index is 2.05. The van der Waals surface area contributed by atoms with Gasteiger partial charge in [0.05, 0.1) is 24.7 Å². The molecule has 0 spiro atoms. The molecule has 1 saturated heterocycles. The second-order valence-corrected chi connectivity index (χ2v) is 5.60. The molecule has 4 N–H and O–H groups in total. The molecule has 0 aromatic heterocycles. The number of aliphatic carboxylic acids is 1. The van der Waals surface area contributed by atoms with Gasteiger partial charge >= 0.3 is 5.97 Å². The molecule has 1 amide bonds. The molecule has 6 nitrogen and oxygen atoms in total. The summed E-state index contributed by atoms with van der Waals surface area (Å²) in [5.41, 5.74) is 4.13. The van der Waals surface area contributed by atoms with E-state index < -0.39 is 22.8 Å². The van der Waals surface area contributed by atoms with Gasteiger partial charge in [-0.1, -0.05) is 6.42 Å². The minimum atomic E-state index is -1.05. The molecule has 2 atom stereocenters. The van der Waals surface area contributed by atoms with Gasteiger partial charge in [-0.3, -0.25) is 9.59 Å². The third kappa shape index (κ3) is 1.89. The average Bonchev–Trinajstić information content (AvgIpc) is 2.61. The van der Waals surface area contributed by atoms with E-state index in [1.165, 1.54) is 0 Å². The Morgan fingerprint density at radius 1 is 1.50 bits per heavy atom. The number of hydrogen-bond donors (Lipinski definition) is 3. The zero-order valence-corrected chi connectivity index (χ0v) is 10.6. The molecule has 1 heterocycles. The highest BCUT2D eigenvalue weighted by molar-refractivity contribution is 5.85. The summed E-state index contributed by atoms with van der Waals surface area (Å²) >= 11 is 0. The second-order valence-electron chi connectivity index (χ2n) is 5.60. The molecule has 1 aliphatic carbocycles. The van der Waals surface area contributed by atoms with Crippen LogP contribution in [0.4, 0.5) is 0 Å². The molecule has 2 unspecified atom stereocenters. The lowest BCUT2D eigenvalue weighted by molar-refractivity contribution is -0.149. The fourth-order valence-corrected chi connectivity index (χ4v) is 2.52. The van der Waals surface area contributed by atoms with Crippen LogP contribution in [0.2, 0.25) is 0 Å². The van der Waals surface area contributed by atoms with Crippen LogP contribution >= 0.6 is 0 Å². The zero-order valence-electron chi connectivity index (χ0n) is 10.6. The van der Waals surface area contributed by atoms with Gasteiger partial charge in [-0.15, -0.1) is 0 Å². The van der Waals surface area contributed by atoms with Crippen molar-refractivity contribution in [2.24, 2.45) is 16.6 Å². The van der Waals surface area contributed by atoms with Crippen LogP contribution in [0, 0.1) is 10.8 Å². The highest BCUT2D eigenvalue weighted by atomic mass is 16.5. The SMILES string of the molecule is CC1(C(=O)O)COCC1NC(=O)C1(CN)CCC1. The van der Waals surface area contributed by atoms with Crippen LogP contribution in [-0.4, -0.2) is 42.8 Å². The van der Waals surface area contributed by atoms with Crippen LogP contribution in [0.5, 0.6) is 0 Å². The Labute approximate surface area is 106 Å². The van der Waals surface area contributed by atoms with Crippen molar-refractivity contribution in [1.29, 1.82) is 0 Å². The van der Waals surface area contributed by atoms with E-state index in [2.05, 4.69) is 5.32 Å². The topological polar surface area (TPSA) is 102 Å². The maximum atomic E-state index is 12.2. The summed E-state index contributed by atoms with van der Waals surface area (Å²) in [6.45, 7) is 2.29. The molecule has 0 aromatic carbocycles. The molecule has 0 aromatic rings. The van der Waals surface area contributed by atoms with E-state index >= 15 is 0 Å². The quantitative estimate of drug-likeness (QED) is 0.642. The van der Waals surface area contributed by atoms with Gasteiger partial charge in [-0.25, -0.2) is 0 Å². The first-order chi connectivity index (χ1) is 8.44. The monoisotopic (exact) mass is 256 g/mol. The Morgan fingerprint density at radius 3 is 2.61 bits per heavy atom. The first-order valence-electron chi connectivity index (χ1n) is 6.27. The molecule has 2 aliphatic rings. The Bertz CT molecular complexity index is 362. The number of carbonyl (C=O) groups excluding carboxylic acids is 1. The van der Waals surface area contributed by atoms with Crippen molar-refractivity contribution in [3.63, 3.8) is 0 Å². The molecule has 1 aliphatic heterocycles. The van der Waals surface area contributed by atoms with Crippen LogP contribution in [0.25, 0.3) is 0 Å². The summed E-state index contributed by atoms with van der Waals surface area (Å²) in [6.07, 6.45) is 2.57. The lowest BCUT2D eigenvalue weighted by atomic mass is 9.68.